The van der Waals surface area contributed by atoms with Crippen LogP contribution in [0.3, 0.4) is 0 Å². The van der Waals surface area contributed by atoms with Gasteiger partial charge in [-0.05, 0) is 37.7 Å². The van der Waals surface area contributed by atoms with Crippen LogP contribution in [0.15, 0.2) is 30.3 Å². The van der Waals surface area contributed by atoms with E-state index in [4.69, 9.17) is 0 Å². The molecule has 14 heavy (non-hydrogen) atoms. The van der Waals surface area contributed by atoms with E-state index < -0.39 is 0 Å². The molecule has 2 unspecified atom stereocenters. The Morgan fingerprint density at radius 1 is 1.29 bits per heavy atom. The predicted molar refractivity (Wildman–Crippen MR) is 59.3 cm³/mol. The van der Waals surface area contributed by atoms with Crippen LogP contribution in [-0.2, 0) is 6.42 Å². The van der Waals surface area contributed by atoms with Crippen molar-refractivity contribution in [2.45, 2.75) is 32.2 Å². The van der Waals surface area contributed by atoms with Gasteiger partial charge in [0.05, 0.1) is 0 Å². The number of nitrogens with zero attached hydrogens (tertiary/aromatic N) is 1. The third kappa shape index (κ3) is 2.58. The van der Waals surface area contributed by atoms with Crippen LogP contribution >= 0.6 is 0 Å². The molecular weight excluding hydrogens is 170 g/mol. The summed E-state index contributed by atoms with van der Waals surface area (Å²) < 4.78 is 0. The van der Waals surface area contributed by atoms with Crippen LogP contribution < -0.4 is 5.32 Å². The Morgan fingerprint density at radius 3 is 2.79 bits per heavy atom. The maximum Gasteiger partial charge on any atom is 0.0220 e. The normalized spacial score (nSPS) is 27.5. The number of rotatable bonds is 2. The minimum absolute atomic E-state index is 0.581. The van der Waals surface area contributed by atoms with E-state index in [0.717, 1.165) is 12.5 Å². The van der Waals surface area contributed by atoms with Crippen LogP contribution in [0.1, 0.15) is 25.3 Å². The Balaban J connectivity index is 1.91. The second-order valence-electron chi connectivity index (χ2n) is 4.34. The summed E-state index contributed by atoms with van der Waals surface area (Å²) in [5, 5.41) is 4.52. The smallest absolute Gasteiger partial charge is 0.0220 e. The molecule has 75 valence electrons. The van der Waals surface area contributed by atoms with Gasteiger partial charge < -0.3 is 0 Å². The van der Waals surface area contributed by atoms with E-state index in [0.29, 0.717) is 6.04 Å². The molecule has 1 aromatic carbocycles. The fraction of sp³-hybridized carbons (Fsp3) is 0.538. The standard InChI is InChI=1S/C13H18N/c1-11-9-13(7-8-14-11)10-12-5-3-2-4-6-12/h2-6,11,13H,7-10H2,1H3. The van der Waals surface area contributed by atoms with Crippen molar-refractivity contribution >= 4 is 0 Å². The fourth-order valence-electron chi connectivity index (χ4n) is 2.29. The zero-order valence-corrected chi connectivity index (χ0v) is 8.82. The van der Waals surface area contributed by atoms with Crippen molar-refractivity contribution in [1.82, 2.24) is 5.32 Å². The van der Waals surface area contributed by atoms with E-state index in [2.05, 4.69) is 42.6 Å². The number of piperidine rings is 1. The van der Waals surface area contributed by atoms with E-state index in [1.807, 2.05) is 0 Å². The van der Waals surface area contributed by atoms with Crippen LogP contribution in [0, 0.1) is 5.92 Å². The summed E-state index contributed by atoms with van der Waals surface area (Å²) in [7, 11) is 0. The van der Waals surface area contributed by atoms with Gasteiger partial charge in [-0.3, -0.25) is 0 Å². The van der Waals surface area contributed by atoms with Gasteiger partial charge in [0.15, 0.2) is 0 Å². The maximum absolute atomic E-state index is 4.52. The monoisotopic (exact) mass is 188 g/mol. The topological polar surface area (TPSA) is 14.1 Å². The summed E-state index contributed by atoms with van der Waals surface area (Å²) in [4.78, 5) is 0. The predicted octanol–water partition coefficient (Wildman–Crippen LogP) is 2.63. The van der Waals surface area contributed by atoms with Crippen LogP contribution in [0.2, 0.25) is 0 Å². The zero-order chi connectivity index (χ0) is 9.80. The zero-order valence-electron chi connectivity index (χ0n) is 8.82. The van der Waals surface area contributed by atoms with Crippen molar-refractivity contribution in [1.29, 1.82) is 0 Å². The van der Waals surface area contributed by atoms with Crippen LogP contribution in [0.5, 0.6) is 0 Å². The maximum atomic E-state index is 4.52. The first kappa shape index (κ1) is 9.72. The molecule has 1 heterocycles. The fourth-order valence-corrected chi connectivity index (χ4v) is 2.29. The van der Waals surface area contributed by atoms with Gasteiger partial charge in [-0.2, -0.15) is 0 Å². The van der Waals surface area contributed by atoms with Gasteiger partial charge >= 0.3 is 0 Å². The van der Waals surface area contributed by atoms with Crippen molar-refractivity contribution in [3.63, 3.8) is 0 Å². The van der Waals surface area contributed by atoms with Crippen molar-refractivity contribution in [2.24, 2.45) is 5.92 Å². The lowest BCUT2D eigenvalue weighted by Crippen LogP contribution is -2.31. The Bertz CT molecular complexity index is 268. The molecule has 0 N–H and O–H groups in total. The van der Waals surface area contributed by atoms with E-state index in [1.54, 1.807) is 0 Å². The van der Waals surface area contributed by atoms with Gasteiger partial charge in [-0.1, -0.05) is 30.3 Å². The molecule has 0 saturated carbocycles. The molecule has 0 aromatic heterocycles. The molecule has 0 spiro atoms. The van der Waals surface area contributed by atoms with Gasteiger partial charge in [0.25, 0.3) is 0 Å². The average Bonchev–Trinajstić information content (AvgIpc) is 2.19. The van der Waals surface area contributed by atoms with Gasteiger partial charge in [-0.25, -0.2) is 5.32 Å². The summed E-state index contributed by atoms with van der Waals surface area (Å²) >= 11 is 0. The highest BCUT2D eigenvalue weighted by Crippen LogP contribution is 2.21. The van der Waals surface area contributed by atoms with Crippen molar-refractivity contribution in [3.05, 3.63) is 35.9 Å². The first-order valence-electron chi connectivity index (χ1n) is 5.55. The van der Waals surface area contributed by atoms with Crippen molar-refractivity contribution < 1.29 is 0 Å². The SMILES string of the molecule is CC1CC(Cc2ccccc2)CC[N]1. The Morgan fingerprint density at radius 2 is 2.07 bits per heavy atom. The van der Waals surface area contributed by atoms with Crippen LogP contribution in [-0.4, -0.2) is 12.6 Å². The summed E-state index contributed by atoms with van der Waals surface area (Å²) in [6, 6.07) is 11.4. The van der Waals surface area contributed by atoms with Gasteiger partial charge in [-0.15, -0.1) is 0 Å². The Hall–Kier alpha value is -0.820. The molecule has 2 rings (SSSR count). The lowest BCUT2D eigenvalue weighted by molar-refractivity contribution is 0.308. The summed E-state index contributed by atoms with van der Waals surface area (Å²) in [5.41, 5.74) is 1.48. The second kappa shape index (κ2) is 4.61. The Kier molecular flexibility index (Phi) is 3.20. The molecular formula is C13H18N. The highest BCUT2D eigenvalue weighted by molar-refractivity contribution is 5.15. The van der Waals surface area contributed by atoms with E-state index in [1.165, 1.54) is 24.8 Å². The van der Waals surface area contributed by atoms with E-state index in [-0.39, 0.29) is 0 Å². The number of benzene rings is 1. The summed E-state index contributed by atoms with van der Waals surface area (Å²) in [6.07, 6.45) is 3.79. The molecule has 1 aromatic rings. The van der Waals surface area contributed by atoms with Crippen LogP contribution in [0.25, 0.3) is 0 Å². The first-order valence-corrected chi connectivity index (χ1v) is 5.55. The average molecular weight is 188 g/mol. The van der Waals surface area contributed by atoms with Gasteiger partial charge in [0.1, 0.15) is 0 Å². The summed E-state index contributed by atoms with van der Waals surface area (Å²) in [5.74, 6) is 0.852. The largest absolute Gasteiger partial charge is 0.239 e. The van der Waals surface area contributed by atoms with Gasteiger partial charge in [0.2, 0.25) is 0 Å². The highest BCUT2D eigenvalue weighted by Gasteiger charge is 2.19. The minimum Gasteiger partial charge on any atom is -0.239 e. The van der Waals surface area contributed by atoms with E-state index in [9.17, 15) is 0 Å². The molecule has 1 aliphatic rings. The molecule has 1 saturated heterocycles. The molecule has 2 atom stereocenters. The lowest BCUT2D eigenvalue weighted by Gasteiger charge is -2.26. The second-order valence-corrected chi connectivity index (χ2v) is 4.34. The quantitative estimate of drug-likeness (QED) is 0.677. The number of hydrogen-bond donors (Lipinski definition) is 0. The van der Waals surface area contributed by atoms with Crippen molar-refractivity contribution in [2.75, 3.05) is 6.54 Å². The van der Waals surface area contributed by atoms with E-state index >= 15 is 0 Å². The van der Waals surface area contributed by atoms with Crippen molar-refractivity contribution in [3.8, 4) is 0 Å². The molecule has 1 aliphatic heterocycles. The molecule has 0 aliphatic carbocycles. The lowest BCUT2D eigenvalue weighted by atomic mass is 9.88. The van der Waals surface area contributed by atoms with Crippen LogP contribution in [0.4, 0.5) is 0 Å². The first-order chi connectivity index (χ1) is 6.84. The molecule has 1 fully saturated rings. The summed E-state index contributed by atoms with van der Waals surface area (Å²) in [6.45, 7) is 3.30. The Labute approximate surface area is 86.5 Å². The highest BCUT2D eigenvalue weighted by atomic mass is 14.9. The molecule has 1 heteroatoms. The third-order valence-electron chi connectivity index (χ3n) is 3.02. The minimum atomic E-state index is 0.581. The molecule has 0 amide bonds. The molecule has 1 radical (unpaired) electrons. The van der Waals surface area contributed by atoms with Gasteiger partial charge in [0, 0.05) is 12.6 Å². The number of hydrogen-bond acceptors (Lipinski definition) is 0. The molecule has 0 bridgehead atoms. The third-order valence-corrected chi connectivity index (χ3v) is 3.02. The molecule has 1 nitrogen and oxygen atoms in total.